The van der Waals surface area contributed by atoms with Crippen LogP contribution in [0.1, 0.15) is 17.7 Å². The zero-order valence-corrected chi connectivity index (χ0v) is 13.9. The molecule has 1 aliphatic rings. The minimum Gasteiger partial charge on any atom is -0.372 e. The van der Waals surface area contributed by atoms with Crippen LogP contribution in [0.2, 0.25) is 5.02 Å². The molecule has 3 rings (SSSR count). The van der Waals surface area contributed by atoms with E-state index in [1.807, 2.05) is 0 Å². The molecule has 9 heteroatoms. The minimum atomic E-state index is -2.13. The maximum absolute atomic E-state index is 13.3. The minimum absolute atomic E-state index is 0.0181. The van der Waals surface area contributed by atoms with Crippen LogP contribution in [0.25, 0.3) is 0 Å². The molecule has 0 radical (unpaired) electrons. The standard InChI is InChI=1S/C16H16ClFN4O3/c17-11-5-10(6-12(18)7-11)8-19-14(23)16(25)2-4-22(15(16)24)9-13-1-3-20-21-13/h1,3,5-7,25H,2,4,8-9H2,(H,19,23)(H,20,21). The third-order valence-corrected chi connectivity index (χ3v) is 4.27. The summed E-state index contributed by atoms with van der Waals surface area (Å²) in [5.41, 5.74) is -0.994. The van der Waals surface area contributed by atoms with Crippen LogP contribution >= 0.6 is 11.6 Å². The lowest BCUT2D eigenvalue weighted by Gasteiger charge is -2.21. The summed E-state index contributed by atoms with van der Waals surface area (Å²) in [6.07, 6.45) is 1.54. The molecule has 7 nitrogen and oxygen atoms in total. The van der Waals surface area contributed by atoms with Gasteiger partial charge in [-0.1, -0.05) is 11.6 Å². The Bertz CT molecular complexity index is 778. The first kappa shape index (κ1) is 17.4. The van der Waals surface area contributed by atoms with Gasteiger partial charge in [-0.05, 0) is 29.8 Å². The summed E-state index contributed by atoms with van der Waals surface area (Å²) in [5, 5.41) is 19.7. The SMILES string of the molecule is O=C(NCc1cc(F)cc(Cl)c1)C1(O)CCN(Cc2ccn[nH]2)C1=O. The number of aliphatic hydroxyl groups is 1. The van der Waals surface area contributed by atoms with Gasteiger partial charge in [-0.2, -0.15) is 5.10 Å². The predicted octanol–water partition coefficient (Wildman–Crippen LogP) is 0.982. The number of rotatable bonds is 5. The molecule has 0 spiro atoms. The molecule has 1 fully saturated rings. The Morgan fingerprint density at radius 3 is 2.96 bits per heavy atom. The van der Waals surface area contributed by atoms with E-state index in [-0.39, 0.29) is 31.1 Å². The highest BCUT2D eigenvalue weighted by atomic mass is 35.5. The van der Waals surface area contributed by atoms with E-state index >= 15 is 0 Å². The van der Waals surface area contributed by atoms with Crippen molar-refractivity contribution < 1.29 is 19.1 Å². The number of nitrogens with one attached hydrogen (secondary N) is 2. The van der Waals surface area contributed by atoms with Crippen molar-refractivity contribution in [1.82, 2.24) is 20.4 Å². The fourth-order valence-electron chi connectivity index (χ4n) is 2.75. The number of carbonyl (C=O) groups is 2. The van der Waals surface area contributed by atoms with Gasteiger partial charge >= 0.3 is 0 Å². The molecule has 1 atom stereocenters. The first-order chi connectivity index (χ1) is 11.9. The lowest BCUT2D eigenvalue weighted by Crippen LogP contribution is -2.52. The van der Waals surface area contributed by atoms with E-state index in [4.69, 9.17) is 11.6 Å². The molecule has 2 heterocycles. The molecule has 3 N–H and O–H groups in total. The van der Waals surface area contributed by atoms with Crippen LogP contribution in [0.5, 0.6) is 0 Å². The first-order valence-corrected chi connectivity index (χ1v) is 7.99. The van der Waals surface area contributed by atoms with E-state index in [0.29, 0.717) is 11.3 Å². The van der Waals surface area contributed by atoms with Crippen molar-refractivity contribution in [3.63, 3.8) is 0 Å². The van der Waals surface area contributed by atoms with E-state index < -0.39 is 23.2 Å². The van der Waals surface area contributed by atoms with Crippen molar-refractivity contribution >= 4 is 23.4 Å². The number of likely N-dealkylation sites (tertiary alicyclic amines) is 1. The molecule has 1 unspecified atom stereocenters. The average Bonchev–Trinajstić information content (AvgIpc) is 3.16. The number of hydrogen-bond acceptors (Lipinski definition) is 4. The molecule has 1 aromatic carbocycles. The first-order valence-electron chi connectivity index (χ1n) is 7.62. The number of carbonyl (C=O) groups excluding carboxylic acids is 2. The second kappa shape index (κ2) is 6.81. The van der Waals surface area contributed by atoms with Gasteiger partial charge in [-0.25, -0.2) is 4.39 Å². The van der Waals surface area contributed by atoms with Gasteiger partial charge < -0.3 is 15.3 Å². The van der Waals surface area contributed by atoms with Crippen LogP contribution in [0.3, 0.4) is 0 Å². The molecular weight excluding hydrogens is 351 g/mol. The molecule has 1 aromatic heterocycles. The van der Waals surface area contributed by atoms with Crippen LogP contribution in [0.15, 0.2) is 30.5 Å². The Morgan fingerprint density at radius 2 is 2.28 bits per heavy atom. The molecule has 0 aliphatic carbocycles. The van der Waals surface area contributed by atoms with Gasteiger partial charge in [0.25, 0.3) is 11.8 Å². The van der Waals surface area contributed by atoms with Gasteiger partial charge in [0, 0.05) is 30.7 Å². The number of benzene rings is 1. The monoisotopic (exact) mass is 366 g/mol. The van der Waals surface area contributed by atoms with Crippen molar-refractivity contribution in [2.45, 2.75) is 25.1 Å². The number of aromatic amines is 1. The number of hydrogen-bond donors (Lipinski definition) is 3. The number of nitrogens with zero attached hydrogens (tertiary/aromatic N) is 2. The van der Waals surface area contributed by atoms with Crippen molar-refractivity contribution in [1.29, 1.82) is 0 Å². The summed E-state index contributed by atoms with van der Waals surface area (Å²) in [4.78, 5) is 26.1. The second-order valence-electron chi connectivity index (χ2n) is 5.88. The van der Waals surface area contributed by atoms with E-state index in [0.717, 1.165) is 6.07 Å². The maximum atomic E-state index is 13.3. The van der Waals surface area contributed by atoms with Crippen molar-refractivity contribution in [2.75, 3.05) is 6.54 Å². The summed E-state index contributed by atoms with van der Waals surface area (Å²) >= 11 is 5.76. The Hall–Kier alpha value is -2.45. The molecular formula is C16H16ClFN4O3. The summed E-state index contributed by atoms with van der Waals surface area (Å²) in [7, 11) is 0. The van der Waals surface area contributed by atoms with Crippen LogP contribution in [0, 0.1) is 5.82 Å². The topological polar surface area (TPSA) is 98.3 Å². The average molecular weight is 367 g/mol. The second-order valence-corrected chi connectivity index (χ2v) is 6.32. The smallest absolute Gasteiger partial charge is 0.264 e. The molecule has 2 aromatic rings. The fraction of sp³-hybridized carbons (Fsp3) is 0.312. The number of amides is 2. The van der Waals surface area contributed by atoms with Crippen LogP contribution < -0.4 is 5.32 Å². The van der Waals surface area contributed by atoms with Gasteiger partial charge in [0.1, 0.15) is 5.82 Å². The quantitative estimate of drug-likeness (QED) is 0.687. The molecule has 0 saturated carbocycles. The van der Waals surface area contributed by atoms with Gasteiger partial charge in [0.05, 0.1) is 12.2 Å². The number of aromatic nitrogens is 2. The van der Waals surface area contributed by atoms with Crippen molar-refractivity contribution in [3.05, 3.63) is 52.6 Å². The number of halogens is 2. The molecule has 25 heavy (non-hydrogen) atoms. The highest BCUT2D eigenvalue weighted by Crippen LogP contribution is 2.25. The summed E-state index contributed by atoms with van der Waals surface area (Å²) < 4.78 is 13.3. The Morgan fingerprint density at radius 1 is 1.48 bits per heavy atom. The molecule has 1 aliphatic heterocycles. The van der Waals surface area contributed by atoms with Crippen LogP contribution in [-0.2, 0) is 22.7 Å². The van der Waals surface area contributed by atoms with E-state index in [2.05, 4.69) is 15.5 Å². The lowest BCUT2D eigenvalue weighted by molar-refractivity contribution is -0.154. The fourth-order valence-corrected chi connectivity index (χ4v) is 2.99. The van der Waals surface area contributed by atoms with Crippen LogP contribution in [-0.4, -0.2) is 44.2 Å². The Labute approximate surface area is 147 Å². The highest BCUT2D eigenvalue weighted by molar-refractivity contribution is 6.30. The molecule has 0 bridgehead atoms. The number of H-pyrrole nitrogens is 1. The third-order valence-electron chi connectivity index (χ3n) is 4.06. The lowest BCUT2D eigenvalue weighted by atomic mass is 10.0. The van der Waals surface area contributed by atoms with E-state index in [9.17, 15) is 19.1 Å². The Kier molecular flexibility index (Phi) is 4.73. The molecule has 132 valence electrons. The molecule has 2 amide bonds. The van der Waals surface area contributed by atoms with Gasteiger partial charge in [-0.15, -0.1) is 0 Å². The normalized spacial score (nSPS) is 20.1. The molecule has 1 saturated heterocycles. The largest absolute Gasteiger partial charge is 0.372 e. The maximum Gasteiger partial charge on any atom is 0.264 e. The summed E-state index contributed by atoms with van der Waals surface area (Å²) in [6.45, 7) is 0.425. The van der Waals surface area contributed by atoms with Crippen LogP contribution in [0.4, 0.5) is 4.39 Å². The van der Waals surface area contributed by atoms with E-state index in [1.165, 1.54) is 17.0 Å². The Balaban J connectivity index is 1.63. The van der Waals surface area contributed by atoms with Crippen molar-refractivity contribution in [3.8, 4) is 0 Å². The highest BCUT2D eigenvalue weighted by Gasteiger charge is 2.51. The van der Waals surface area contributed by atoms with E-state index in [1.54, 1.807) is 12.3 Å². The van der Waals surface area contributed by atoms with Gasteiger partial charge in [0.15, 0.2) is 0 Å². The third kappa shape index (κ3) is 3.64. The summed E-state index contributed by atoms with van der Waals surface area (Å²) in [5.74, 6) is -2.01. The van der Waals surface area contributed by atoms with Gasteiger partial charge in [-0.3, -0.25) is 14.7 Å². The van der Waals surface area contributed by atoms with Gasteiger partial charge in [0.2, 0.25) is 5.60 Å². The zero-order valence-electron chi connectivity index (χ0n) is 13.1. The van der Waals surface area contributed by atoms with Crippen molar-refractivity contribution in [2.24, 2.45) is 0 Å². The summed E-state index contributed by atoms with van der Waals surface area (Å²) in [6, 6.07) is 5.57. The predicted molar refractivity (Wildman–Crippen MR) is 86.8 cm³/mol. The zero-order chi connectivity index (χ0) is 18.0.